The summed E-state index contributed by atoms with van der Waals surface area (Å²) in [5, 5.41) is 14.9. The number of tetrazole rings is 1. The number of nitrogens with zero attached hydrogens (tertiary/aromatic N) is 5. The summed E-state index contributed by atoms with van der Waals surface area (Å²) < 4.78 is 17.2. The number of benzene rings is 1. The second-order valence-corrected chi connectivity index (χ2v) is 5.76. The Morgan fingerprint density at radius 3 is 2.78 bits per heavy atom. The van der Waals surface area contributed by atoms with Crippen molar-refractivity contribution in [3.05, 3.63) is 72.4 Å². The Labute approximate surface area is 153 Å². The van der Waals surface area contributed by atoms with Crippen molar-refractivity contribution in [2.75, 3.05) is 0 Å². The van der Waals surface area contributed by atoms with Gasteiger partial charge in [0.15, 0.2) is 11.8 Å². The predicted molar refractivity (Wildman–Crippen MR) is 91.0 cm³/mol. The van der Waals surface area contributed by atoms with E-state index < -0.39 is 12.0 Å². The second kappa shape index (κ2) is 7.65. The number of aromatic nitrogens is 5. The zero-order valence-corrected chi connectivity index (χ0v) is 14.1. The van der Waals surface area contributed by atoms with Crippen LogP contribution in [0.2, 0.25) is 0 Å². The standard InChI is InChI=1S/C18H15N5O4/c24-18(26-11-14-10-17(27-20-14)16-7-4-8-25-16)15(23-12-19-21-22-23)9-13-5-2-1-3-6-13/h1-8,10,12,15H,9,11H2/t15-/m0/s1. The van der Waals surface area contributed by atoms with E-state index in [0.717, 1.165) is 5.56 Å². The Hall–Kier alpha value is -3.75. The van der Waals surface area contributed by atoms with Gasteiger partial charge in [-0.3, -0.25) is 0 Å². The normalized spacial score (nSPS) is 12.0. The Morgan fingerprint density at radius 1 is 1.15 bits per heavy atom. The van der Waals surface area contributed by atoms with Crippen molar-refractivity contribution in [1.82, 2.24) is 25.4 Å². The lowest BCUT2D eigenvalue weighted by Gasteiger charge is -2.15. The SMILES string of the molecule is O=C(OCc1cc(-c2ccco2)on1)[C@H](Cc1ccccc1)n1cnnn1. The predicted octanol–water partition coefficient (Wildman–Crippen LogP) is 2.45. The van der Waals surface area contributed by atoms with Crippen molar-refractivity contribution in [3.8, 4) is 11.5 Å². The molecule has 0 aliphatic rings. The molecule has 4 aromatic rings. The summed E-state index contributed by atoms with van der Waals surface area (Å²) in [7, 11) is 0. The number of carbonyl (C=O) groups is 1. The average molecular weight is 365 g/mol. The van der Waals surface area contributed by atoms with Gasteiger partial charge >= 0.3 is 5.97 Å². The smallest absolute Gasteiger partial charge is 0.331 e. The topological polar surface area (TPSA) is 109 Å². The van der Waals surface area contributed by atoms with E-state index in [1.807, 2.05) is 30.3 Å². The lowest BCUT2D eigenvalue weighted by atomic mass is 10.1. The van der Waals surface area contributed by atoms with Crippen LogP contribution in [0.25, 0.3) is 11.5 Å². The number of ether oxygens (including phenoxy) is 1. The van der Waals surface area contributed by atoms with E-state index in [1.54, 1.807) is 18.2 Å². The highest BCUT2D eigenvalue weighted by molar-refractivity contribution is 5.74. The Bertz CT molecular complexity index is 980. The molecule has 4 rings (SSSR count). The Kier molecular flexibility index (Phi) is 4.73. The van der Waals surface area contributed by atoms with Crippen LogP contribution in [0, 0.1) is 0 Å². The van der Waals surface area contributed by atoms with E-state index in [-0.39, 0.29) is 6.61 Å². The van der Waals surface area contributed by atoms with Gasteiger partial charge in [-0.1, -0.05) is 35.5 Å². The van der Waals surface area contributed by atoms with Crippen LogP contribution in [0.3, 0.4) is 0 Å². The van der Waals surface area contributed by atoms with Crippen molar-refractivity contribution < 1.29 is 18.5 Å². The van der Waals surface area contributed by atoms with Crippen LogP contribution < -0.4 is 0 Å². The van der Waals surface area contributed by atoms with Gasteiger partial charge in [-0.05, 0) is 28.1 Å². The van der Waals surface area contributed by atoms with Gasteiger partial charge in [0.05, 0.1) is 6.26 Å². The minimum absolute atomic E-state index is 0.0313. The molecule has 0 N–H and O–H groups in total. The van der Waals surface area contributed by atoms with Gasteiger partial charge in [0.1, 0.15) is 18.6 Å². The number of rotatable bonds is 7. The van der Waals surface area contributed by atoms with Crippen molar-refractivity contribution >= 4 is 5.97 Å². The summed E-state index contributed by atoms with van der Waals surface area (Å²) in [4.78, 5) is 12.6. The molecule has 0 aliphatic heterocycles. The van der Waals surface area contributed by atoms with E-state index in [1.165, 1.54) is 17.3 Å². The molecule has 9 nitrogen and oxygen atoms in total. The number of esters is 1. The number of hydrogen-bond acceptors (Lipinski definition) is 8. The monoisotopic (exact) mass is 365 g/mol. The third-order valence-corrected chi connectivity index (χ3v) is 3.91. The molecule has 3 heterocycles. The lowest BCUT2D eigenvalue weighted by molar-refractivity contribution is -0.149. The second-order valence-electron chi connectivity index (χ2n) is 5.76. The molecule has 0 amide bonds. The molecule has 1 atom stereocenters. The summed E-state index contributed by atoms with van der Waals surface area (Å²) in [6.07, 6.45) is 3.33. The molecule has 0 saturated carbocycles. The number of hydrogen-bond donors (Lipinski definition) is 0. The van der Waals surface area contributed by atoms with Crippen LogP contribution in [0.4, 0.5) is 0 Å². The molecule has 0 bridgehead atoms. The fraction of sp³-hybridized carbons (Fsp3) is 0.167. The van der Waals surface area contributed by atoms with E-state index in [0.29, 0.717) is 23.6 Å². The van der Waals surface area contributed by atoms with Gasteiger partial charge in [0.25, 0.3) is 0 Å². The molecule has 27 heavy (non-hydrogen) atoms. The van der Waals surface area contributed by atoms with Crippen LogP contribution in [-0.2, 0) is 22.6 Å². The van der Waals surface area contributed by atoms with E-state index >= 15 is 0 Å². The molecule has 0 aliphatic carbocycles. The van der Waals surface area contributed by atoms with Gasteiger partial charge < -0.3 is 13.7 Å². The molecule has 136 valence electrons. The average Bonchev–Trinajstić information content (AvgIpc) is 3.47. The Morgan fingerprint density at radius 2 is 2.04 bits per heavy atom. The third kappa shape index (κ3) is 3.92. The zero-order valence-electron chi connectivity index (χ0n) is 14.1. The fourth-order valence-corrected chi connectivity index (χ4v) is 2.59. The highest BCUT2D eigenvalue weighted by Gasteiger charge is 2.24. The first-order chi connectivity index (χ1) is 13.3. The molecule has 3 aromatic heterocycles. The van der Waals surface area contributed by atoms with Crippen molar-refractivity contribution in [3.63, 3.8) is 0 Å². The highest BCUT2D eigenvalue weighted by atomic mass is 16.5. The maximum absolute atomic E-state index is 12.6. The van der Waals surface area contributed by atoms with Gasteiger partial charge in [-0.15, -0.1) is 5.10 Å². The summed E-state index contributed by atoms with van der Waals surface area (Å²) in [6.45, 7) is -0.0313. The van der Waals surface area contributed by atoms with Gasteiger partial charge in [-0.25, -0.2) is 9.48 Å². The van der Waals surface area contributed by atoms with Crippen LogP contribution in [0.1, 0.15) is 17.3 Å². The molecule has 0 spiro atoms. The Balaban J connectivity index is 1.44. The quantitative estimate of drug-likeness (QED) is 0.459. The van der Waals surface area contributed by atoms with Crippen LogP contribution in [0.15, 0.2) is 70.1 Å². The number of furan rings is 1. The first kappa shape index (κ1) is 16.7. The van der Waals surface area contributed by atoms with E-state index in [9.17, 15) is 4.79 Å². The van der Waals surface area contributed by atoms with Crippen molar-refractivity contribution in [2.45, 2.75) is 19.1 Å². The molecule has 0 saturated heterocycles. The summed E-state index contributed by atoms with van der Waals surface area (Å²) >= 11 is 0. The van der Waals surface area contributed by atoms with Crippen molar-refractivity contribution in [2.24, 2.45) is 0 Å². The minimum atomic E-state index is -0.682. The number of carbonyl (C=O) groups excluding carboxylic acids is 1. The zero-order chi connectivity index (χ0) is 18.5. The largest absolute Gasteiger partial charge is 0.461 e. The van der Waals surface area contributed by atoms with E-state index in [2.05, 4.69) is 20.7 Å². The molecule has 0 radical (unpaired) electrons. The third-order valence-electron chi connectivity index (χ3n) is 3.91. The molecule has 1 aromatic carbocycles. The first-order valence-corrected chi connectivity index (χ1v) is 8.22. The molecule has 0 fully saturated rings. The first-order valence-electron chi connectivity index (χ1n) is 8.22. The molecule has 9 heteroatoms. The fourth-order valence-electron chi connectivity index (χ4n) is 2.59. The van der Waals surface area contributed by atoms with Gasteiger partial charge in [0.2, 0.25) is 5.76 Å². The van der Waals surface area contributed by atoms with Gasteiger partial charge in [-0.2, -0.15) is 0 Å². The summed E-state index contributed by atoms with van der Waals surface area (Å²) in [5.41, 5.74) is 1.45. The molecular formula is C18H15N5O4. The van der Waals surface area contributed by atoms with Crippen LogP contribution in [0.5, 0.6) is 0 Å². The van der Waals surface area contributed by atoms with Gasteiger partial charge in [0, 0.05) is 12.5 Å². The van der Waals surface area contributed by atoms with Crippen LogP contribution in [-0.4, -0.2) is 31.3 Å². The highest BCUT2D eigenvalue weighted by Crippen LogP contribution is 2.21. The van der Waals surface area contributed by atoms with Crippen molar-refractivity contribution in [1.29, 1.82) is 0 Å². The lowest BCUT2D eigenvalue weighted by Crippen LogP contribution is -2.24. The molecular weight excluding hydrogens is 350 g/mol. The maximum Gasteiger partial charge on any atom is 0.331 e. The van der Waals surface area contributed by atoms with Crippen LogP contribution >= 0.6 is 0 Å². The minimum Gasteiger partial charge on any atom is -0.461 e. The summed E-state index contributed by atoms with van der Waals surface area (Å²) in [6, 6.07) is 14.1. The maximum atomic E-state index is 12.6. The summed E-state index contributed by atoms with van der Waals surface area (Å²) in [5.74, 6) is 0.553. The van der Waals surface area contributed by atoms with E-state index in [4.69, 9.17) is 13.7 Å². The molecule has 0 unspecified atom stereocenters.